The van der Waals surface area contributed by atoms with Crippen LogP contribution >= 0.6 is 11.3 Å². The van der Waals surface area contributed by atoms with E-state index in [1.54, 1.807) is 26.8 Å². The average molecular weight is 883 g/mol. The summed E-state index contributed by atoms with van der Waals surface area (Å²) in [5.74, 6) is -1.62. The number of hydrogen-bond acceptors (Lipinski definition) is 14. The molecule has 0 radical (unpaired) electrons. The van der Waals surface area contributed by atoms with Crippen LogP contribution in [0.3, 0.4) is 0 Å². The van der Waals surface area contributed by atoms with Crippen molar-refractivity contribution in [2.75, 3.05) is 45.8 Å². The second kappa shape index (κ2) is 17.0. The molecular weight excluding hydrogens is 829 g/mol. The second-order valence-electron chi connectivity index (χ2n) is 17.4. The molecule has 1 unspecified atom stereocenters. The third-order valence-electron chi connectivity index (χ3n) is 11.2. The van der Waals surface area contributed by atoms with E-state index in [4.69, 9.17) is 28.9 Å². The number of alkyl carbamates (subject to hydrolysis) is 1. The molecule has 2 saturated heterocycles. The van der Waals surface area contributed by atoms with E-state index in [-0.39, 0.29) is 32.0 Å². The summed E-state index contributed by atoms with van der Waals surface area (Å²) in [6.07, 6.45) is 0.666. The van der Waals surface area contributed by atoms with E-state index in [0.29, 0.717) is 54.1 Å². The molecule has 1 aromatic carbocycles. The van der Waals surface area contributed by atoms with Crippen LogP contribution in [0.1, 0.15) is 59.4 Å². The first-order valence-corrected chi connectivity index (χ1v) is 22.6. The first kappa shape index (κ1) is 44.0. The van der Waals surface area contributed by atoms with Crippen molar-refractivity contribution in [3.63, 3.8) is 0 Å². The molecule has 1 aliphatic carbocycles. The maximum Gasteiger partial charge on any atom is 0.408 e. The number of hydrogen-bond donors (Lipinski definition) is 4. The van der Waals surface area contributed by atoms with Gasteiger partial charge in [-0.2, -0.15) is 12.7 Å². The Labute approximate surface area is 359 Å². The number of pyridine rings is 1. The fraction of sp³-hybridized carbons (Fsp3) is 0.561. The Hall–Kier alpha value is -5.05. The largest absolute Gasteiger partial charge is 0.493 e. The van der Waals surface area contributed by atoms with Crippen molar-refractivity contribution in [2.45, 2.75) is 96.2 Å². The number of thiazole rings is 1. The highest BCUT2D eigenvalue weighted by Crippen LogP contribution is 2.45. The van der Waals surface area contributed by atoms with Crippen molar-refractivity contribution in [2.24, 2.45) is 11.3 Å². The van der Waals surface area contributed by atoms with Crippen LogP contribution < -0.4 is 30.1 Å². The molecule has 5 heterocycles. The molecule has 7 rings (SSSR count). The lowest BCUT2D eigenvalue weighted by atomic mass is 9.85. The van der Waals surface area contributed by atoms with Crippen molar-refractivity contribution >= 4 is 61.4 Å². The smallest absolute Gasteiger partial charge is 0.408 e. The van der Waals surface area contributed by atoms with E-state index < -0.39 is 75.2 Å². The number of carbonyl (C=O) groups is 4. The summed E-state index contributed by atoms with van der Waals surface area (Å²) in [4.78, 5) is 67.4. The molecule has 3 aliphatic heterocycles. The van der Waals surface area contributed by atoms with E-state index in [1.807, 2.05) is 36.1 Å². The fourth-order valence-electron chi connectivity index (χ4n) is 7.79. The number of ether oxygens (including phenoxy) is 4. The monoisotopic (exact) mass is 882 g/mol. The third-order valence-corrected chi connectivity index (χ3v) is 13.4. The molecule has 18 nitrogen and oxygen atoms in total. The van der Waals surface area contributed by atoms with Crippen LogP contribution in [-0.2, 0) is 40.5 Å². The number of amides is 4. The number of nitrogens with one attached hydrogen (secondary N) is 4. The number of aromatic nitrogens is 2. The number of anilines is 1. The quantitative estimate of drug-likeness (QED) is 0.171. The lowest BCUT2D eigenvalue weighted by Gasteiger charge is -2.35. The summed E-state index contributed by atoms with van der Waals surface area (Å²) in [7, 11) is -1.67. The molecule has 3 aromatic rings. The van der Waals surface area contributed by atoms with Crippen LogP contribution in [0.5, 0.6) is 11.5 Å². The molecule has 2 aromatic heterocycles. The highest BCUT2D eigenvalue weighted by atomic mass is 32.2. The molecule has 3 fully saturated rings. The summed E-state index contributed by atoms with van der Waals surface area (Å²) < 4.78 is 51.9. The van der Waals surface area contributed by atoms with Crippen LogP contribution in [0, 0.1) is 11.3 Å². The topological polar surface area (TPSA) is 220 Å². The highest BCUT2D eigenvalue weighted by Gasteiger charge is 2.61. The van der Waals surface area contributed by atoms with Crippen molar-refractivity contribution in [1.82, 2.24) is 34.5 Å². The standard InChI is InChI=1S/C41H54N8O10S2/c1-9-23-18-41(23,37(52)47-61(54,55)48(7)8)46-35(50)30-16-25(19-49(30)36(51)34(40(4,5)6)45-39(53)59-24-12-14-56-20-24)58-32-17-28(29-21-60-38(44-29)42-22(2)3)43-33-26(32)10-11-31-27(33)13-15-57-31/h9-11,17,21-25,30,34H,1,12-16,18-20H2,2-8H3,(H,42,44)(H,45,53)(H,46,50)(H,47,52)/t23-,24?,25-,30+,34-,41-/m1/s1. The van der Waals surface area contributed by atoms with Gasteiger partial charge >= 0.3 is 16.3 Å². The molecule has 330 valence electrons. The molecule has 1 saturated carbocycles. The molecule has 0 bridgehead atoms. The van der Waals surface area contributed by atoms with Gasteiger partial charge in [-0.1, -0.05) is 26.8 Å². The van der Waals surface area contributed by atoms with E-state index in [2.05, 4.69) is 22.5 Å². The zero-order valence-corrected chi connectivity index (χ0v) is 37.0. The predicted octanol–water partition coefficient (Wildman–Crippen LogP) is 3.38. The van der Waals surface area contributed by atoms with E-state index in [9.17, 15) is 27.6 Å². The number of rotatable bonds is 14. The van der Waals surface area contributed by atoms with Crippen LogP contribution in [0.25, 0.3) is 22.3 Å². The minimum absolute atomic E-state index is 0.0168. The zero-order valence-electron chi connectivity index (χ0n) is 35.4. The molecule has 4 N–H and O–H groups in total. The summed E-state index contributed by atoms with van der Waals surface area (Å²) in [5.41, 5.74) is 0.305. The van der Waals surface area contributed by atoms with Gasteiger partial charge in [0.05, 0.1) is 37.6 Å². The number of benzene rings is 1. The highest BCUT2D eigenvalue weighted by molar-refractivity contribution is 7.87. The van der Waals surface area contributed by atoms with Gasteiger partial charge in [0.25, 0.3) is 5.91 Å². The first-order chi connectivity index (χ1) is 28.8. The number of carbonyl (C=O) groups excluding carboxylic acids is 4. The Morgan fingerprint density at radius 2 is 1.89 bits per heavy atom. The Balaban J connectivity index is 1.23. The zero-order chi connectivity index (χ0) is 44.0. The van der Waals surface area contributed by atoms with Crippen molar-refractivity contribution in [3.05, 3.63) is 41.8 Å². The van der Waals surface area contributed by atoms with E-state index in [1.165, 1.54) is 36.4 Å². The number of nitrogens with zero attached hydrogens (tertiary/aromatic N) is 4. The maximum atomic E-state index is 14.8. The lowest BCUT2D eigenvalue weighted by Crippen LogP contribution is -2.60. The van der Waals surface area contributed by atoms with Crippen LogP contribution in [0.15, 0.2) is 36.2 Å². The van der Waals surface area contributed by atoms with E-state index in [0.717, 1.165) is 20.7 Å². The Morgan fingerprint density at radius 3 is 2.54 bits per heavy atom. The van der Waals surface area contributed by atoms with Crippen LogP contribution in [0.2, 0.25) is 0 Å². The molecule has 0 spiro atoms. The van der Waals surface area contributed by atoms with Gasteiger partial charge in [-0.3, -0.25) is 14.4 Å². The van der Waals surface area contributed by atoms with Gasteiger partial charge in [0.2, 0.25) is 11.8 Å². The van der Waals surface area contributed by atoms with Gasteiger partial charge in [-0.15, -0.1) is 17.9 Å². The number of likely N-dealkylation sites (tertiary alicyclic amines) is 1. The molecule has 61 heavy (non-hydrogen) atoms. The lowest BCUT2D eigenvalue weighted by molar-refractivity contribution is -0.143. The minimum Gasteiger partial charge on any atom is -0.493 e. The van der Waals surface area contributed by atoms with Crippen molar-refractivity contribution < 1.29 is 46.5 Å². The molecular formula is C41H54N8O10S2. The molecule has 6 atom stereocenters. The summed E-state index contributed by atoms with van der Waals surface area (Å²) >= 11 is 1.45. The van der Waals surface area contributed by atoms with Crippen LogP contribution in [-0.4, -0.2) is 128 Å². The Kier molecular flexibility index (Phi) is 12.3. The van der Waals surface area contributed by atoms with Gasteiger partial charge in [-0.05, 0) is 37.8 Å². The predicted molar refractivity (Wildman–Crippen MR) is 227 cm³/mol. The van der Waals surface area contributed by atoms with E-state index >= 15 is 0 Å². The minimum atomic E-state index is -4.21. The van der Waals surface area contributed by atoms with Gasteiger partial charge < -0.3 is 39.8 Å². The fourth-order valence-corrected chi connectivity index (χ4v) is 9.24. The molecule has 4 amide bonds. The summed E-state index contributed by atoms with van der Waals surface area (Å²) in [5, 5.41) is 12.2. The third kappa shape index (κ3) is 9.27. The summed E-state index contributed by atoms with van der Waals surface area (Å²) in [6, 6.07) is 3.33. The Bertz CT molecular complexity index is 2320. The SMILES string of the molecule is C=C[C@@H]1C[C@]1(NC(=O)[C@@H]1C[C@@H](Oc2cc(-c3csc(NC(C)C)n3)nc3c4c(ccc23)OCC4)CN1C(=O)[C@@H](NC(=O)OC1CCOC1)C(C)(C)C)C(=O)NS(=O)(=O)N(C)C. The normalized spacial score (nSPS) is 23.9. The second-order valence-corrected chi connectivity index (χ2v) is 20.2. The average Bonchev–Trinajstić information content (AvgIpc) is 3.80. The van der Waals surface area contributed by atoms with Crippen molar-refractivity contribution in [1.29, 1.82) is 0 Å². The molecule has 20 heteroatoms. The van der Waals surface area contributed by atoms with Gasteiger partial charge in [0.15, 0.2) is 5.13 Å². The van der Waals surface area contributed by atoms with Gasteiger partial charge in [0, 0.05) is 67.7 Å². The van der Waals surface area contributed by atoms with Crippen LogP contribution in [0.4, 0.5) is 9.93 Å². The van der Waals surface area contributed by atoms with Gasteiger partial charge in [-0.25, -0.2) is 19.5 Å². The maximum absolute atomic E-state index is 14.8. The first-order valence-electron chi connectivity index (χ1n) is 20.3. The number of fused-ring (bicyclic) bond motifs is 3. The Morgan fingerprint density at radius 1 is 1.11 bits per heavy atom. The molecule has 4 aliphatic rings. The van der Waals surface area contributed by atoms with Crippen molar-refractivity contribution in [3.8, 4) is 22.9 Å². The summed E-state index contributed by atoms with van der Waals surface area (Å²) in [6.45, 7) is 14.3. The van der Waals surface area contributed by atoms with Gasteiger partial charge in [0.1, 0.15) is 47.0 Å².